The largest absolute Gasteiger partial charge is 0.332 e. The van der Waals surface area contributed by atoms with Gasteiger partial charge in [0.25, 0.3) is 0 Å². The zero-order valence-corrected chi connectivity index (χ0v) is 30.8. The summed E-state index contributed by atoms with van der Waals surface area (Å²) < 4.78 is 70.8. The minimum atomic E-state index is -2.20. The van der Waals surface area contributed by atoms with Crippen LogP contribution in [0.2, 0.25) is 0 Å². The number of imidazole rings is 1. The molecule has 0 aliphatic rings. The van der Waals surface area contributed by atoms with Crippen molar-refractivity contribution in [3.63, 3.8) is 0 Å². The smallest absolute Gasteiger partial charge is 0.0774 e. The number of fused-ring (bicyclic) bond motifs is 2. The fraction of sp³-hybridized carbons (Fsp3) is 0.0638. The Hall–Kier alpha value is -5.45. The van der Waals surface area contributed by atoms with Crippen LogP contribution in [-0.2, 0) is 20.1 Å². The van der Waals surface area contributed by atoms with Crippen LogP contribution in [0.15, 0.2) is 158 Å². The van der Waals surface area contributed by atoms with Gasteiger partial charge in [-0.25, -0.2) is 0 Å². The second-order valence-corrected chi connectivity index (χ2v) is 12.8. The van der Waals surface area contributed by atoms with E-state index < -0.39 is 20.6 Å². The van der Waals surface area contributed by atoms with E-state index in [2.05, 4.69) is 93.8 Å². The van der Waals surface area contributed by atoms with Crippen molar-refractivity contribution in [3.8, 4) is 50.6 Å². The van der Waals surface area contributed by atoms with Crippen LogP contribution in [0, 0.1) is 32.0 Å². The third-order valence-corrected chi connectivity index (χ3v) is 9.46. The number of para-hydroxylation sites is 3. The molecule has 6 aromatic carbocycles. The van der Waals surface area contributed by atoms with E-state index in [1.54, 1.807) is 24.3 Å². The van der Waals surface area contributed by atoms with E-state index in [4.69, 9.17) is 17.3 Å². The zero-order valence-electron chi connectivity index (χ0n) is 36.6. The first-order valence-electron chi connectivity index (χ1n) is 20.8. The maximum Gasteiger partial charge on any atom is 0.0774 e. The molecule has 0 spiro atoms. The van der Waals surface area contributed by atoms with E-state index in [1.165, 1.54) is 35.7 Å². The van der Waals surface area contributed by atoms with Crippen LogP contribution in [0.1, 0.15) is 29.0 Å². The Morgan fingerprint density at radius 1 is 0.654 bits per heavy atom. The number of hydrogen-bond acceptors (Lipinski definition) is 3. The summed E-state index contributed by atoms with van der Waals surface area (Å²) in [5, 5.41) is 4.31. The van der Waals surface area contributed by atoms with E-state index in [9.17, 15) is 0 Å². The van der Waals surface area contributed by atoms with Crippen molar-refractivity contribution in [3.05, 3.63) is 186 Å². The van der Waals surface area contributed by atoms with Crippen LogP contribution in [0.5, 0.6) is 0 Å². The number of aryl methyl sites for hydroxylation is 3. The van der Waals surface area contributed by atoms with Crippen molar-refractivity contribution in [2.24, 2.45) is 0 Å². The molecule has 9 rings (SSSR count). The molecule has 3 aromatic heterocycles. The predicted octanol–water partition coefficient (Wildman–Crippen LogP) is 12.5. The van der Waals surface area contributed by atoms with Crippen molar-refractivity contribution in [2.75, 3.05) is 0 Å². The van der Waals surface area contributed by atoms with Crippen LogP contribution in [0.3, 0.4) is 0 Å². The SMILES string of the molecule is [2H]C([2H])([2H])c1c[c-]c(-c2ccc(C([2H])([2H])[2H])cn2)cc1.[2H]C([2H])([2H])c1ccc2s[c-]c(-c3nc4ccccc4n3-c3c(-c4ccccc4)cccc3-c3ccccc3)c2c1.[Ir]. The average molecular weight is 875 g/mol. The van der Waals surface area contributed by atoms with Crippen LogP contribution in [0.4, 0.5) is 0 Å². The molecule has 0 aliphatic heterocycles. The third-order valence-electron chi connectivity index (χ3n) is 8.58. The van der Waals surface area contributed by atoms with Gasteiger partial charge in [-0.3, -0.25) is 16.3 Å². The van der Waals surface area contributed by atoms with Gasteiger partial charge in [0.2, 0.25) is 0 Å². The summed E-state index contributed by atoms with van der Waals surface area (Å²) in [6, 6.07) is 51.1. The quantitative estimate of drug-likeness (QED) is 0.161. The summed E-state index contributed by atoms with van der Waals surface area (Å²) in [6.07, 6.45) is 1.30. The summed E-state index contributed by atoms with van der Waals surface area (Å²) in [4.78, 5) is 9.22. The molecule has 255 valence electrons. The Morgan fingerprint density at radius 3 is 1.98 bits per heavy atom. The van der Waals surface area contributed by atoms with E-state index in [-0.39, 0.29) is 31.2 Å². The molecule has 0 aliphatic carbocycles. The van der Waals surface area contributed by atoms with Crippen molar-refractivity contribution in [1.29, 1.82) is 0 Å². The molecular weight excluding hydrogens is 831 g/mol. The fourth-order valence-electron chi connectivity index (χ4n) is 6.18. The second-order valence-electron chi connectivity index (χ2n) is 11.9. The maximum absolute atomic E-state index is 7.99. The Bertz CT molecular complexity index is 2810. The van der Waals surface area contributed by atoms with Crippen molar-refractivity contribution in [1.82, 2.24) is 14.5 Å². The summed E-state index contributed by atoms with van der Waals surface area (Å²) in [7, 11) is 0. The first-order chi connectivity index (χ1) is 28.7. The Morgan fingerprint density at radius 2 is 1.33 bits per heavy atom. The first kappa shape index (κ1) is 25.5. The van der Waals surface area contributed by atoms with Crippen molar-refractivity contribution >= 4 is 32.5 Å². The van der Waals surface area contributed by atoms with Gasteiger partial charge < -0.3 is 9.55 Å². The average Bonchev–Trinajstić information content (AvgIpc) is 3.85. The summed E-state index contributed by atoms with van der Waals surface area (Å²) in [6.45, 7) is -6.54. The van der Waals surface area contributed by atoms with Gasteiger partial charge >= 0.3 is 0 Å². The molecule has 52 heavy (non-hydrogen) atoms. The van der Waals surface area contributed by atoms with Crippen LogP contribution < -0.4 is 0 Å². The number of pyridine rings is 1. The number of benzene rings is 6. The fourth-order valence-corrected chi connectivity index (χ4v) is 7.00. The standard InChI is InChI=1S/C34H23N2S.C13H12N.Ir/c1-23-19-20-32-28(21-23)29(22-37-32)34-35-30-17-8-9-18-31(30)36(34)33-26(24-11-4-2-5-12-24)15-10-16-27(33)25-13-6-3-7-14-25;1-10-3-6-12(7-4-10)13-8-5-11(2)9-14-13;/h2-21H,1H3;3-6,8-9H,1-2H3;/q2*-1;/i1D3;1D3,2D3;. The van der Waals surface area contributed by atoms with Gasteiger partial charge in [-0.05, 0) is 48.2 Å². The topological polar surface area (TPSA) is 30.7 Å². The Balaban J connectivity index is 0.000000226. The molecule has 0 N–H and O–H groups in total. The van der Waals surface area contributed by atoms with Gasteiger partial charge in [0.1, 0.15) is 0 Å². The van der Waals surface area contributed by atoms with Gasteiger partial charge in [0, 0.05) is 49.8 Å². The number of rotatable bonds is 5. The summed E-state index contributed by atoms with van der Waals surface area (Å²) in [5.74, 6) is 0.732. The molecule has 0 saturated heterocycles. The van der Waals surface area contributed by atoms with Gasteiger partial charge in [-0.15, -0.1) is 46.8 Å². The summed E-state index contributed by atoms with van der Waals surface area (Å²) >= 11 is 1.48. The minimum Gasteiger partial charge on any atom is -0.332 e. The van der Waals surface area contributed by atoms with Crippen molar-refractivity contribution in [2.45, 2.75) is 20.6 Å². The van der Waals surface area contributed by atoms with E-state index in [0.29, 0.717) is 16.8 Å². The predicted molar refractivity (Wildman–Crippen MR) is 214 cm³/mol. The molecule has 3 heterocycles. The van der Waals surface area contributed by atoms with Gasteiger partial charge in [0.15, 0.2) is 0 Å². The third kappa shape index (κ3) is 7.04. The first-order valence-corrected chi connectivity index (χ1v) is 17.1. The summed E-state index contributed by atoms with van der Waals surface area (Å²) in [5.41, 5.74) is 9.86. The van der Waals surface area contributed by atoms with Gasteiger partial charge in [0.05, 0.1) is 22.5 Å². The molecule has 1 radical (unpaired) electrons. The zero-order chi connectivity index (χ0) is 42.2. The second kappa shape index (κ2) is 15.4. The number of nitrogens with zero attached hydrogens (tertiary/aromatic N) is 3. The van der Waals surface area contributed by atoms with Crippen LogP contribution >= 0.6 is 11.3 Å². The van der Waals surface area contributed by atoms with Gasteiger partial charge in [-0.1, -0.05) is 143 Å². The molecule has 0 bridgehead atoms. The molecule has 0 saturated carbocycles. The van der Waals surface area contributed by atoms with E-state index in [0.717, 1.165) is 60.4 Å². The molecule has 0 unspecified atom stereocenters. The van der Waals surface area contributed by atoms with E-state index >= 15 is 0 Å². The molecule has 0 fully saturated rings. The number of thiophene rings is 1. The molecule has 9 aromatic rings. The Labute approximate surface area is 335 Å². The minimum absolute atomic E-state index is 0. The van der Waals surface area contributed by atoms with Crippen LogP contribution in [0.25, 0.3) is 71.7 Å². The number of hydrogen-bond donors (Lipinski definition) is 0. The van der Waals surface area contributed by atoms with E-state index in [1.807, 2.05) is 36.4 Å². The van der Waals surface area contributed by atoms with Crippen LogP contribution in [-0.4, -0.2) is 14.5 Å². The molecule has 3 nitrogen and oxygen atoms in total. The number of aromatic nitrogens is 3. The molecule has 0 atom stereocenters. The normalized spacial score (nSPS) is 14.1. The monoisotopic (exact) mass is 875 g/mol. The molecule has 5 heteroatoms. The Kier molecular flexibility index (Phi) is 7.56. The van der Waals surface area contributed by atoms with Crippen molar-refractivity contribution < 1.29 is 32.4 Å². The maximum atomic E-state index is 7.99. The molecular formula is C47H35IrN3S-2. The molecule has 0 amide bonds. The van der Waals surface area contributed by atoms with Gasteiger partial charge in [-0.2, -0.15) is 0 Å².